The average Bonchev–Trinajstić information content (AvgIpc) is 3.15. The van der Waals surface area contributed by atoms with Crippen molar-refractivity contribution in [2.24, 2.45) is 0 Å². The van der Waals surface area contributed by atoms with E-state index in [1.54, 1.807) is 10.3 Å². The lowest BCUT2D eigenvalue weighted by Crippen LogP contribution is -2.36. The quantitative estimate of drug-likeness (QED) is 0.504. The first kappa shape index (κ1) is 21.8. The number of carbonyl (C=O) groups excluding carboxylic acids is 2. The van der Waals surface area contributed by atoms with E-state index in [1.165, 1.54) is 18.4 Å². The minimum atomic E-state index is -0.481. The summed E-state index contributed by atoms with van der Waals surface area (Å²) >= 11 is 1.33. The SMILES string of the molecule is CCOCCCN(Cc1nc(C(=O)OC)cs1)C(=O)Nc1cccc(C)c1C. The van der Waals surface area contributed by atoms with Gasteiger partial charge in [-0.15, -0.1) is 11.3 Å². The Bertz CT molecular complexity index is 806. The predicted molar refractivity (Wildman–Crippen MR) is 110 cm³/mol. The van der Waals surface area contributed by atoms with Crippen molar-refractivity contribution in [1.82, 2.24) is 9.88 Å². The highest BCUT2D eigenvalue weighted by Gasteiger charge is 2.18. The molecule has 0 saturated carbocycles. The van der Waals surface area contributed by atoms with Crippen molar-refractivity contribution in [2.45, 2.75) is 33.7 Å². The van der Waals surface area contributed by atoms with E-state index in [4.69, 9.17) is 9.47 Å². The third-order valence-corrected chi connectivity index (χ3v) is 5.16. The number of urea groups is 1. The lowest BCUT2D eigenvalue weighted by molar-refractivity contribution is 0.0594. The number of amides is 2. The summed E-state index contributed by atoms with van der Waals surface area (Å²) in [5.74, 6) is -0.481. The van der Waals surface area contributed by atoms with Crippen molar-refractivity contribution in [3.8, 4) is 0 Å². The molecule has 8 heteroatoms. The molecule has 0 unspecified atom stereocenters. The number of nitrogens with one attached hydrogen (secondary N) is 1. The molecule has 152 valence electrons. The minimum Gasteiger partial charge on any atom is -0.464 e. The van der Waals surface area contributed by atoms with E-state index in [1.807, 2.05) is 39.0 Å². The second-order valence-electron chi connectivity index (χ2n) is 6.27. The Morgan fingerprint density at radius 1 is 1.29 bits per heavy atom. The van der Waals surface area contributed by atoms with Crippen molar-refractivity contribution in [3.05, 3.63) is 45.4 Å². The molecule has 0 radical (unpaired) electrons. The largest absolute Gasteiger partial charge is 0.464 e. The van der Waals surface area contributed by atoms with Crippen molar-refractivity contribution in [1.29, 1.82) is 0 Å². The van der Waals surface area contributed by atoms with Crippen LogP contribution in [0.4, 0.5) is 10.5 Å². The number of hydrogen-bond acceptors (Lipinski definition) is 6. The number of hydrogen-bond donors (Lipinski definition) is 1. The van der Waals surface area contributed by atoms with E-state index >= 15 is 0 Å². The van der Waals surface area contributed by atoms with Crippen LogP contribution in [0, 0.1) is 13.8 Å². The molecule has 0 fully saturated rings. The lowest BCUT2D eigenvalue weighted by atomic mass is 10.1. The van der Waals surface area contributed by atoms with Gasteiger partial charge < -0.3 is 19.7 Å². The van der Waals surface area contributed by atoms with Gasteiger partial charge in [-0.05, 0) is 44.4 Å². The van der Waals surface area contributed by atoms with E-state index in [0.29, 0.717) is 37.7 Å². The van der Waals surface area contributed by atoms with Gasteiger partial charge in [0, 0.05) is 30.8 Å². The number of anilines is 1. The number of ether oxygens (including phenoxy) is 2. The highest BCUT2D eigenvalue weighted by atomic mass is 32.1. The van der Waals surface area contributed by atoms with Crippen molar-refractivity contribution < 1.29 is 19.1 Å². The molecule has 1 heterocycles. The van der Waals surface area contributed by atoms with Crippen molar-refractivity contribution in [2.75, 3.05) is 32.2 Å². The van der Waals surface area contributed by atoms with Crippen LogP contribution in [-0.2, 0) is 16.0 Å². The van der Waals surface area contributed by atoms with Gasteiger partial charge in [0.25, 0.3) is 0 Å². The normalized spacial score (nSPS) is 10.6. The molecule has 0 spiro atoms. The number of aromatic nitrogens is 1. The van der Waals surface area contributed by atoms with Crippen LogP contribution in [0.2, 0.25) is 0 Å². The Kier molecular flexibility index (Phi) is 8.41. The van der Waals surface area contributed by atoms with E-state index in [2.05, 4.69) is 10.3 Å². The number of nitrogens with zero attached hydrogens (tertiary/aromatic N) is 2. The van der Waals surface area contributed by atoms with Gasteiger partial charge in [-0.2, -0.15) is 0 Å². The number of thiazole rings is 1. The van der Waals surface area contributed by atoms with Gasteiger partial charge in [0.05, 0.1) is 13.7 Å². The first-order valence-electron chi connectivity index (χ1n) is 9.18. The van der Waals surface area contributed by atoms with Gasteiger partial charge in [0.2, 0.25) is 0 Å². The number of aryl methyl sites for hydroxylation is 1. The summed E-state index contributed by atoms with van der Waals surface area (Å²) in [6.45, 7) is 7.98. The molecule has 2 aromatic rings. The molecule has 0 saturated heterocycles. The third kappa shape index (κ3) is 6.03. The van der Waals surface area contributed by atoms with Crippen LogP contribution < -0.4 is 5.32 Å². The highest BCUT2D eigenvalue weighted by molar-refractivity contribution is 7.09. The first-order chi connectivity index (χ1) is 13.5. The average molecular weight is 406 g/mol. The summed E-state index contributed by atoms with van der Waals surface area (Å²) in [6, 6.07) is 5.60. The molecule has 7 nitrogen and oxygen atoms in total. The Labute approximate surface area is 169 Å². The van der Waals surface area contributed by atoms with Crippen LogP contribution >= 0.6 is 11.3 Å². The zero-order chi connectivity index (χ0) is 20.5. The number of methoxy groups -OCH3 is 1. The van der Waals surface area contributed by atoms with Crippen molar-refractivity contribution in [3.63, 3.8) is 0 Å². The second kappa shape index (κ2) is 10.8. The Morgan fingerprint density at radius 2 is 2.07 bits per heavy atom. The number of carbonyl (C=O) groups is 2. The Hall–Kier alpha value is -2.45. The first-order valence-corrected chi connectivity index (χ1v) is 10.1. The fourth-order valence-electron chi connectivity index (χ4n) is 2.58. The molecule has 0 bridgehead atoms. The van der Waals surface area contributed by atoms with Crippen LogP contribution in [0.5, 0.6) is 0 Å². The van der Waals surface area contributed by atoms with Gasteiger partial charge in [-0.3, -0.25) is 0 Å². The maximum absolute atomic E-state index is 12.9. The van der Waals surface area contributed by atoms with Crippen LogP contribution in [0.3, 0.4) is 0 Å². The Morgan fingerprint density at radius 3 is 2.79 bits per heavy atom. The van der Waals surface area contributed by atoms with Crippen LogP contribution in [0.1, 0.15) is 40.0 Å². The fourth-order valence-corrected chi connectivity index (χ4v) is 3.36. The van der Waals surface area contributed by atoms with Gasteiger partial charge >= 0.3 is 12.0 Å². The molecule has 1 N–H and O–H groups in total. The molecule has 1 aromatic heterocycles. The summed E-state index contributed by atoms with van der Waals surface area (Å²) in [5, 5.41) is 5.30. The van der Waals surface area contributed by atoms with Gasteiger partial charge in [-0.25, -0.2) is 14.6 Å². The maximum atomic E-state index is 12.9. The second-order valence-corrected chi connectivity index (χ2v) is 7.21. The van der Waals surface area contributed by atoms with Crippen LogP contribution in [-0.4, -0.2) is 48.8 Å². The molecular weight excluding hydrogens is 378 g/mol. The number of benzene rings is 1. The van der Waals surface area contributed by atoms with Crippen LogP contribution in [0.25, 0.3) is 0 Å². The molecule has 28 heavy (non-hydrogen) atoms. The standard InChI is InChI=1S/C20H27N3O4S/c1-5-27-11-7-10-23(12-18-21-17(13-28-18)19(24)26-4)20(25)22-16-9-6-8-14(2)15(16)3/h6,8-9,13H,5,7,10-12H2,1-4H3,(H,22,25). The predicted octanol–water partition coefficient (Wildman–Crippen LogP) is 4.01. The smallest absolute Gasteiger partial charge is 0.357 e. The molecule has 1 aromatic carbocycles. The molecular formula is C20H27N3O4S. The highest BCUT2D eigenvalue weighted by Crippen LogP contribution is 2.20. The van der Waals surface area contributed by atoms with E-state index in [-0.39, 0.29) is 11.7 Å². The van der Waals surface area contributed by atoms with Crippen LogP contribution in [0.15, 0.2) is 23.6 Å². The topological polar surface area (TPSA) is 80.8 Å². The molecule has 2 amide bonds. The van der Waals surface area contributed by atoms with E-state index in [0.717, 1.165) is 16.8 Å². The maximum Gasteiger partial charge on any atom is 0.357 e. The Balaban J connectivity index is 2.11. The molecule has 0 aliphatic heterocycles. The van der Waals surface area contributed by atoms with E-state index < -0.39 is 5.97 Å². The monoisotopic (exact) mass is 405 g/mol. The summed E-state index contributed by atoms with van der Waals surface area (Å²) in [5.41, 5.74) is 3.19. The number of rotatable bonds is 9. The summed E-state index contributed by atoms with van der Waals surface area (Å²) < 4.78 is 10.1. The number of esters is 1. The fraction of sp³-hybridized carbons (Fsp3) is 0.450. The van der Waals surface area contributed by atoms with Gasteiger partial charge in [0.15, 0.2) is 5.69 Å². The minimum absolute atomic E-state index is 0.208. The summed E-state index contributed by atoms with van der Waals surface area (Å²) in [4.78, 5) is 30.5. The third-order valence-electron chi connectivity index (χ3n) is 4.33. The summed E-state index contributed by atoms with van der Waals surface area (Å²) in [7, 11) is 1.32. The molecule has 0 atom stereocenters. The van der Waals surface area contributed by atoms with Gasteiger partial charge in [0.1, 0.15) is 5.01 Å². The zero-order valence-corrected chi connectivity index (χ0v) is 17.6. The summed E-state index contributed by atoms with van der Waals surface area (Å²) in [6.07, 6.45) is 0.712. The molecule has 0 aliphatic rings. The van der Waals surface area contributed by atoms with Crippen molar-refractivity contribution >= 4 is 29.0 Å². The molecule has 2 rings (SSSR count). The molecule has 0 aliphatic carbocycles. The zero-order valence-electron chi connectivity index (χ0n) is 16.8. The lowest BCUT2D eigenvalue weighted by Gasteiger charge is -2.23. The van der Waals surface area contributed by atoms with Gasteiger partial charge in [-0.1, -0.05) is 12.1 Å². The van der Waals surface area contributed by atoms with E-state index in [9.17, 15) is 9.59 Å².